The molecule has 7 nitrogen and oxygen atoms in total. The van der Waals surface area contributed by atoms with Gasteiger partial charge in [0.05, 0.1) is 15.1 Å². The molecule has 9 heteroatoms. The van der Waals surface area contributed by atoms with Crippen LogP contribution < -0.4 is 10.2 Å². The second kappa shape index (κ2) is 7.50. The van der Waals surface area contributed by atoms with E-state index in [1.54, 1.807) is 12.1 Å². The maximum absolute atomic E-state index is 12.7. The molecule has 3 aromatic rings. The molecule has 1 aliphatic rings. The molecule has 146 valence electrons. The van der Waals surface area contributed by atoms with E-state index in [9.17, 15) is 13.2 Å². The number of thiazole rings is 1. The van der Waals surface area contributed by atoms with Crippen LogP contribution in [0, 0.1) is 0 Å². The Bertz CT molecular complexity index is 1210. The minimum atomic E-state index is -3.57. The summed E-state index contributed by atoms with van der Waals surface area (Å²) in [5.41, 5.74) is 3.82. The predicted molar refractivity (Wildman–Crippen MR) is 108 cm³/mol. The van der Waals surface area contributed by atoms with Gasteiger partial charge in [0.25, 0.3) is 5.91 Å². The number of carbonyl (C=O) groups is 1. The molecule has 0 spiro atoms. The zero-order valence-corrected chi connectivity index (χ0v) is 17.0. The summed E-state index contributed by atoms with van der Waals surface area (Å²) in [4.78, 5) is 13.3. The standard InChI is InChI=1S/C19H20N4O3S2/c1-22-16-9-2-3-10-17(16)27-19(22)21-20-18(24)14-7-6-8-15(13-14)28(25,26)23-11-4-5-12-23/h2-3,6-10,13H,4-5,11-12H2,1H3,(H,20,24)/b21-19+. The van der Waals surface area contributed by atoms with Gasteiger partial charge in [-0.05, 0) is 43.2 Å². The van der Waals surface area contributed by atoms with Crippen LogP contribution in [0.25, 0.3) is 10.2 Å². The van der Waals surface area contributed by atoms with Gasteiger partial charge >= 0.3 is 0 Å². The van der Waals surface area contributed by atoms with Crippen molar-refractivity contribution in [3.8, 4) is 0 Å². The summed E-state index contributed by atoms with van der Waals surface area (Å²) >= 11 is 1.46. The average molecular weight is 417 g/mol. The summed E-state index contributed by atoms with van der Waals surface area (Å²) in [5.74, 6) is -0.448. The molecule has 4 rings (SSSR count). The Labute approximate surface area is 167 Å². The highest BCUT2D eigenvalue weighted by atomic mass is 32.2. The third-order valence-electron chi connectivity index (χ3n) is 4.77. The lowest BCUT2D eigenvalue weighted by atomic mass is 10.2. The second-order valence-corrected chi connectivity index (χ2v) is 9.55. The largest absolute Gasteiger partial charge is 0.318 e. The SMILES string of the molecule is Cn1/c(=N\NC(=O)c2cccc(S(=O)(=O)N3CCCC3)c2)sc2ccccc21. The Morgan fingerprint density at radius 1 is 1.11 bits per heavy atom. The first-order valence-electron chi connectivity index (χ1n) is 8.96. The highest BCUT2D eigenvalue weighted by molar-refractivity contribution is 7.89. The number of nitrogens with one attached hydrogen (secondary N) is 1. The van der Waals surface area contributed by atoms with Crippen LogP contribution in [0.5, 0.6) is 0 Å². The number of rotatable bonds is 4. The van der Waals surface area contributed by atoms with Crippen molar-refractivity contribution in [3.63, 3.8) is 0 Å². The van der Waals surface area contributed by atoms with E-state index in [0.29, 0.717) is 17.9 Å². The highest BCUT2D eigenvalue weighted by Crippen LogP contribution is 2.21. The van der Waals surface area contributed by atoms with Crippen LogP contribution in [-0.4, -0.2) is 36.3 Å². The highest BCUT2D eigenvalue weighted by Gasteiger charge is 2.27. The summed E-state index contributed by atoms with van der Waals surface area (Å²) in [6, 6.07) is 14.0. The van der Waals surface area contributed by atoms with Crippen molar-refractivity contribution in [1.82, 2.24) is 14.3 Å². The van der Waals surface area contributed by atoms with Gasteiger partial charge < -0.3 is 4.57 Å². The molecule has 0 unspecified atom stereocenters. The topological polar surface area (TPSA) is 83.8 Å². The van der Waals surface area contributed by atoms with Crippen molar-refractivity contribution in [2.75, 3.05) is 13.1 Å². The van der Waals surface area contributed by atoms with Crippen molar-refractivity contribution in [2.45, 2.75) is 17.7 Å². The fraction of sp³-hybridized carbons (Fsp3) is 0.263. The summed E-state index contributed by atoms with van der Waals surface area (Å²) < 4.78 is 29.8. The smallest absolute Gasteiger partial charge is 0.271 e. The number of benzene rings is 2. The van der Waals surface area contributed by atoms with Crippen LogP contribution in [-0.2, 0) is 17.1 Å². The van der Waals surface area contributed by atoms with Crippen molar-refractivity contribution >= 4 is 37.5 Å². The van der Waals surface area contributed by atoms with Crippen LogP contribution >= 0.6 is 11.3 Å². The number of hydrogen-bond donors (Lipinski definition) is 1. The first kappa shape index (κ1) is 18.9. The molecule has 0 atom stereocenters. The molecule has 2 aromatic carbocycles. The third kappa shape index (κ3) is 3.48. The van der Waals surface area contributed by atoms with Gasteiger partial charge in [-0.1, -0.05) is 29.5 Å². The Kier molecular flexibility index (Phi) is 5.05. The molecule has 0 bridgehead atoms. The quantitative estimate of drug-likeness (QED) is 0.662. The van der Waals surface area contributed by atoms with E-state index in [4.69, 9.17) is 0 Å². The monoisotopic (exact) mass is 416 g/mol. The maximum atomic E-state index is 12.7. The number of aromatic nitrogens is 1. The fourth-order valence-corrected chi connectivity index (χ4v) is 5.77. The van der Waals surface area contributed by atoms with E-state index in [1.165, 1.54) is 27.8 Å². The van der Waals surface area contributed by atoms with Gasteiger partial charge in [-0.25, -0.2) is 13.8 Å². The first-order valence-corrected chi connectivity index (χ1v) is 11.2. The fourth-order valence-electron chi connectivity index (χ4n) is 3.23. The number of hydrogen-bond acceptors (Lipinski definition) is 5. The lowest BCUT2D eigenvalue weighted by Gasteiger charge is -2.15. The summed E-state index contributed by atoms with van der Waals surface area (Å²) in [6.07, 6.45) is 1.73. The lowest BCUT2D eigenvalue weighted by molar-refractivity contribution is 0.0952. The van der Waals surface area contributed by atoms with Crippen molar-refractivity contribution in [2.24, 2.45) is 12.1 Å². The molecule has 0 radical (unpaired) electrons. The number of para-hydroxylation sites is 1. The number of carbonyl (C=O) groups excluding carboxylic acids is 1. The molecule has 2 heterocycles. The van der Waals surface area contributed by atoms with E-state index < -0.39 is 15.9 Å². The number of aryl methyl sites for hydroxylation is 1. The maximum Gasteiger partial charge on any atom is 0.271 e. The Morgan fingerprint density at radius 3 is 2.61 bits per heavy atom. The number of sulfonamides is 1. The van der Waals surface area contributed by atoms with Gasteiger partial charge in [-0.2, -0.15) is 4.31 Å². The predicted octanol–water partition coefficient (Wildman–Crippen LogP) is 2.27. The molecule has 28 heavy (non-hydrogen) atoms. The van der Waals surface area contributed by atoms with Gasteiger partial charge in [0.1, 0.15) is 0 Å². The summed E-state index contributed by atoms with van der Waals surface area (Å²) in [5, 5.41) is 4.21. The molecule has 1 fully saturated rings. The van der Waals surface area contributed by atoms with E-state index in [0.717, 1.165) is 23.1 Å². The average Bonchev–Trinajstić information content (AvgIpc) is 3.36. The zero-order valence-electron chi connectivity index (χ0n) is 15.3. The van der Waals surface area contributed by atoms with Crippen LogP contribution in [0.2, 0.25) is 0 Å². The number of amides is 1. The molecule has 1 amide bonds. The Hall–Kier alpha value is -2.49. The van der Waals surface area contributed by atoms with Crippen LogP contribution in [0.15, 0.2) is 58.5 Å². The van der Waals surface area contributed by atoms with E-state index >= 15 is 0 Å². The number of fused-ring (bicyclic) bond motifs is 1. The molecule has 0 aliphatic carbocycles. The summed E-state index contributed by atoms with van der Waals surface area (Å²) in [6.45, 7) is 1.05. The minimum absolute atomic E-state index is 0.134. The zero-order chi connectivity index (χ0) is 19.7. The van der Waals surface area contributed by atoms with Crippen LogP contribution in [0.4, 0.5) is 0 Å². The van der Waals surface area contributed by atoms with Gasteiger partial charge in [0.2, 0.25) is 14.8 Å². The molecular weight excluding hydrogens is 396 g/mol. The van der Waals surface area contributed by atoms with Crippen LogP contribution in [0.1, 0.15) is 23.2 Å². The van der Waals surface area contributed by atoms with Crippen molar-refractivity contribution in [3.05, 3.63) is 58.9 Å². The normalized spacial score (nSPS) is 16.0. The minimum Gasteiger partial charge on any atom is -0.318 e. The molecule has 1 aromatic heterocycles. The van der Waals surface area contributed by atoms with E-state index in [2.05, 4.69) is 10.5 Å². The second-order valence-electron chi connectivity index (χ2n) is 6.60. The van der Waals surface area contributed by atoms with E-state index in [-0.39, 0.29) is 10.5 Å². The first-order chi connectivity index (χ1) is 13.5. The van der Waals surface area contributed by atoms with E-state index in [1.807, 2.05) is 35.9 Å². The van der Waals surface area contributed by atoms with Crippen molar-refractivity contribution < 1.29 is 13.2 Å². The molecular formula is C19H20N4O3S2. The van der Waals surface area contributed by atoms with Gasteiger partial charge in [0, 0.05) is 25.7 Å². The lowest BCUT2D eigenvalue weighted by Crippen LogP contribution is -2.28. The molecule has 1 N–H and O–H groups in total. The third-order valence-corrected chi connectivity index (χ3v) is 7.77. The molecule has 0 saturated carbocycles. The molecule has 1 aliphatic heterocycles. The Balaban J connectivity index is 1.59. The van der Waals surface area contributed by atoms with Gasteiger partial charge in [0.15, 0.2) is 0 Å². The van der Waals surface area contributed by atoms with Crippen molar-refractivity contribution in [1.29, 1.82) is 0 Å². The van der Waals surface area contributed by atoms with Crippen LogP contribution in [0.3, 0.4) is 0 Å². The molecule has 1 saturated heterocycles. The summed E-state index contributed by atoms with van der Waals surface area (Å²) in [7, 11) is -1.68. The van der Waals surface area contributed by atoms with Gasteiger partial charge in [-0.15, -0.1) is 5.10 Å². The Morgan fingerprint density at radius 2 is 1.86 bits per heavy atom. The van der Waals surface area contributed by atoms with Gasteiger partial charge in [-0.3, -0.25) is 4.79 Å². The number of nitrogens with zero attached hydrogens (tertiary/aromatic N) is 3.